The fraction of sp³-hybridized carbons (Fsp3) is 0.200. The van der Waals surface area contributed by atoms with Crippen LogP contribution in [0.1, 0.15) is 29.8 Å². The number of carbonyl (C=O) groups is 1. The molecule has 0 unspecified atom stereocenters. The van der Waals surface area contributed by atoms with Crippen molar-refractivity contribution in [3.63, 3.8) is 0 Å². The van der Waals surface area contributed by atoms with Crippen molar-refractivity contribution in [2.45, 2.75) is 19.3 Å². The second-order valence-electron chi connectivity index (χ2n) is 6.37. The number of carbonyl (C=O) groups excluding carboxylic acids is 1. The first kappa shape index (κ1) is 16.0. The van der Waals surface area contributed by atoms with Gasteiger partial charge in [0.2, 0.25) is 0 Å². The first-order chi connectivity index (χ1) is 11.4. The number of hydrogen-bond acceptors (Lipinski definition) is 4. The molecule has 122 valence electrons. The predicted molar refractivity (Wildman–Crippen MR) is 94.9 cm³/mol. The lowest BCUT2D eigenvalue weighted by Crippen LogP contribution is -2.23. The van der Waals surface area contributed by atoms with Crippen molar-refractivity contribution in [2.24, 2.45) is 4.99 Å². The Hall–Kier alpha value is -2.88. The van der Waals surface area contributed by atoms with Crippen LogP contribution >= 0.6 is 0 Å². The van der Waals surface area contributed by atoms with Gasteiger partial charge in [-0.15, -0.1) is 0 Å². The fourth-order valence-corrected chi connectivity index (χ4v) is 3.21. The standard InChI is InChI=1S/C20H20N2O2/c1-20(2)16-9-4-5-10-17(16)22(3)18(20)11-12-21-15-8-6-7-14(13-15)19(23)24/h4-13H,1-3H3,(H,23,24)/p-1. The van der Waals surface area contributed by atoms with E-state index in [-0.39, 0.29) is 11.0 Å². The maximum Gasteiger partial charge on any atom is 0.0716 e. The monoisotopic (exact) mass is 319 g/mol. The van der Waals surface area contributed by atoms with Gasteiger partial charge < -0.3 is 14.8 Å². The van der Waals surface area contributed by atoms with Gasteiger partial charge in [0.15, 0.2) is 0 Å². The summed E-state index contributed by atoms with van der Waals surface area (Å²) in [6.07, 6.45) is 3.69. The topological polar surface area (TPSA) is 55.7 Å². The summed E-state index contributed by atoms with van der Waals surface area (Å²) in [5.74, 6) is -1.20. The summed E-state index contributed by atoms with van der Waals surface area (Å²) in [7, 11) is 2.05. The number of nitrogens with zero attached hydrogens (tertiary/aromatic N) is 2. The zero-order valence-corrected chi connectivity index (χ0v) is 14.0. The average Bonchev–Trinajstić information content (AvgIpc) is 2.76. The number of rotatable bonds is 3. The molecule has 0 fully saturated rings. The Morgan fingerprint density at radius 3 is 2.62 bits per heavy atom. The van der Waals surface area contributed by atoms with Gasteiger partial charge in [0.25, 0.3) is 0 Å². The minimum Gasteiger partial charge on any atom is -0.545 e. The molecule has 0 saturated heterocycles. The van der Waals surface area contributed by atoms with E-state index in [1.165, 1.54) is 23.4 Å². The summed E-state index contributed by atoms with van der Waals surface area (Å²) in [5.41, 5.74) is 4.23. The summed E-state index contributed by atoms with van der Waals surface area (Å²) in [6.45, 7) is 4.37. The van der Waals surface area contributed by atoms with Crippen molar-refractivity contribution in [3.8, 4) is 0 Å². The molecule has 0 aromatic heterocycles. The van der Waals surface area contributed by atoms with E-state index in [1.54, 1.807) is 18.3 Å². The van der Waals surface area contributed by atoms with Gasteiger partial charge in [0, 0.05) is 30.1 Å². The van der Waals surface area contributed by atoms with Crippen LogP contribution in [-0.4, -0.2) is 19.2 Å². The number of likely N-dealkylation sites (N-methyl/N-ethyl adjacent to an activating group) is 1. The van der Waals surface area contributed by atoms with E-state index < -0.39 is 5.97 Å². The zero-order valence-electron chi connectivity index (χ0n) is 14.0. The Morgan fingerprint density at radius 2 is 1.92 bits per heavy atom. The van der Waals surface area contributed by atoms with Crippen LogP contribution in [0.3, 0.4) is 0 Å². The van der Waals surface area contributed by atoms with Crippen LogP contribution in [-0.2, 0) is 5.41 Å². The van der Waals surface area contributed by atoms with Gasteiger partial charge in [-0.1, -0.05) is 44.2 Å². The van der Waals surface area contributed by atoms with Gasteiger partial charge in [-0.05, 0) is 35.4 Å². The number of allylic oxidation sites excluding steroid dienone is 2. The molecule has 0 aliphatic carbocycles. The Balaban J connectivity index is 1.90. The minimum atomic E-state index is -1.20. The van der Waals surface area contributed by atoms with E-state index in [9.17, 15) is 9.90 Å². The van der Waals surface area contributed by atoms with Crippen LogP contribution in [0.25, 0.3) is 0 Å². The van der Waals surface area contributed by atoms with Crippen molar-refractivity contribution in [2.75, 3.05) is 11.9 Å². The van der Waals surface area contributed by atoms with Crippen LogP contribution in [0, 0.1) is 0 Å². The Bertz CT molecular complexity index is 850. The largest absolute Gasteiger partial charge is 0.545 e. The molecule has 2 aromatic rings. The summed E-state index contributed by atoms with van der Waals surface area (Å²) in [5, 5.41) is 10.9. The Kier molecular flexibility index (Phi) is 3.97. The van der Waals surface area contributed by atoms with Crippen LogP contribution in [0.15, 0.2) is 65.3 Å². The number of hydrogen-bond donors (Lipinski definition) is 0. The molecule has 0 saturated carbocycles. The number of para-hydroxylation sites is 1. The van der Waals surface area contributed by atoms with Crippen LogP contribution < -0.4 is 10.0 Å². The first-order valence-electron chi connectivity index (χ1n) is 7.81. The van der Waals surface area contributed by atoms with Gasteiger partial charge >= 0.3 is 0 Å². The molecular formula is C20H19N2O2-. The zero-order chi connectivity index (χ0) is 17.3. The number of aliphatic imine (C=N–C) groups is 1. The average molecular weight is 319 g/mol. The summed E-state index contributed by atoms with van der Waals surface area (Å²) < 4.78 is 0. The molecule has 0 atom stereocenters. The van der Waals surface area contributed by atoms with E-state index in [0.717, 1.165) is 5.70 Å². The van der Waals surface area contributed by atoms with Crippen LogP contribution in [0.2, 0.25) is 0 Å². The SMILES string of the molecule is CN1C(=CC=Nc2cccc(C(=O)[O-])c2)C(C)(C)c2ccccc21. The second-order valence-corrected chi connectivity index (χ2v) is 6.37. The van der Waals surface area contributed by atoms with Gasteiger partial charge in [-0.25, -0.2) is 0 Å². The fourth-order valence-electron chi connectivity index (χ4n) is 3.21. The highest BCUT2D eigenvalue weighted by Gasteiger charge is 2.37. The second kappa shape index (κ2) is 5.96. The Morgan fingerprint density at radius 1 is 1.17 bits per heavy atom. The van der Waals surface area contributed by atoms with E-state index in [4.69, 9.17) is 0 Å². The lowest BCUT2D eigenvalue weighted by Gasteiger charge is -2.23. The highest BCUT2D eigenvalue weighted by atomic mass is 16.4. The summed E-state index contributed by atoms with van der Waals surface area (Å²) in [4.78, 5) is 17.4. The molecule has 0 amide bonds. The normalized spacial score (nSPS) is 17.5. The molecule has 1 aliphatic heterocycles. The van der Waals surface area contributed by atoms with Crippen molar-refractivity contribution in [3.05, 3.63) is 71.4 Å². The lowest BCUT2D eigenvalue weighted by molar-refractivity contribution is -0.255. The maximum absolute atomic E-state index is 10.9. The number of carboxylic acid groups (broad SMARTS) is 1. The van der Waals surface area contributed by atoms with Crippen molar-refractivity contribution < 1.29 is 9.90 Å². The highest BCUT2D eigenvalue weighted by Crippen LogP contribution is 2.46. The highest BCUT2D eigenvalue weighted by molar-refractivity contribution is 5.87. The van der Waals surface area contributed by atoms with Crippen molar-refractivity contribution >= 4 is 23.6 Å². The number of aromatic carboxylic acids is 1. The van der Waals surface area contributed by atoms with E-state index in [0.29, 0.717) is 5.69 Å². The predicted octanol–water partition coefficient (Wildman–Crippen LogP) is 3.06. The molecule has 1 aliphatic rings. The third kappa shape index (κ3) is 2.71. The molecule has 0 spiro atoms. The van der Waals surface area contributed by atoms with Gasteiger partial charge in [-0.2, -0.15) is 0 Å². The number of anilines is 1. The molecule has 0 bridgehead atoms. The van der Waals surface area contributed by atoms with Crippen LogP contribution in [0.5, 0.6) is 0 Å². The molecule has 24 heavy (non-hydrogen) atoms. The summed E-state index contributed by atoms with van der Waals surface area (Å²) in [6, 6.07) is 14.8. The van der Waals surface area contributed by atoms with Crippen molar-refractivity contribution in [1.82, 2.24) is 0 Å². The number of benzene rings is 2. The number of fused-ring (bicyclic) bond motifs is 1. The summed E-state index contributed by atoms with van der Waals surface area (Å²) >= 11 is 0. The van der Waals surface area contributed by atoms with Gasteiger partial charge in [0.05, 0.1) is 11.7 Å². The molecule has 0 N–H and O–H groups in total. The third-order valence-corrected chi connectivity index (χ3v) is 4.48. The molecule has 2 aromatic carbocycles. The molecule has 1 heterocycles. The molecule has 4 nitrogen and oxygen atoms in total. The van der Waals surface area contributed by atoms with Gasteiger partial charge in [-0.3, -0.25) is 4.99 Å². The van der Waals surface area contributed by atoms with E-state index in [2.05, 4.69) is 41.9 Å². The number of carboxylic acids is 1. The first-order valence-corrected chi connectivity index (χ1v) is 7.81. The molecule has 0 radical (unpaired) electrons. The lowest BCUT2D eigenvalue weighted by atomic mass is 9.84. The van der Waals surface area contributed by atoms with E-state index in [1.807, 2.05) is 19.2 Å². The smallest absolute Gasteiger partial charge is 0.0716 e. The van der Waals surface area contributed by atoms with Crippen LogP contribution in [0.4, 0.5) is 11.4 Å². The minimum absolute atomic E-state index is 0.107. The quantitative estimate of drug-likeness (QED) is 0.817. The maximum atomic E-state index is 10.9. The van der Waals surface area contributed by atoms with Gasteiger partial charge in [0.1, 0.15) is 0 Å². The molecular weight excluding hydrogens is 300 g/mol. The molecule has 4 heteroatoms. The Labute approximate surface area is 141 Å². The third-order valence-electron chi connectivity index (χ3n) is 4.48. The molecule has 3 rings (SSSR count). The van der Waals surface area contributed by atoms with Crippen molar-refractivity contribution in [1.29, 1.82) is 0 Å². The van der Waals surface area contributed by atoms with E-state index >= 15 is 0 Å².